The zero-order valence-electron chi connectivity index (χ0n) is 14.8. The lowest BCUT2D eigenvalue weighted by Gasteiger charge is -2.35. The number of hydrogen-bond donors (Lipinski definition) is 1. The van der Waals surface area contributed by atoms with E-state index >= 15 is 0 Å². The van der Waals surface area contributed by atoms with Crippen molar-refractivity contribution in [2.75, 3.05) is 36.8 Å². The normalized spacial score (nSPS) is 14.6. The summed E-state index contributed by atoms with van der Waals surface area (Å²) in [7, 11) is 0. The Kier molecular flexibility index (Phi) is 4.27. The van der Waals surface area contributed by atoms with E-state index in [0.29, 0.717) is 48.9 Å². The average molecular weight is 367 g/mol. The Balaban J connectivity index is 1.74. The van der Waals surface area contributed by atoms with Crippen LogP contribution in [-0.2, 0) is 4.79 Å². The first-order valence-electron chi connectivity index (χ1n) is 8.58. The van der Waals surface area contributed by atoms with Crippen molar-refractivity contribution < 1.29 is 9.18 Å². The summed E-state index contributed by atoms with van der Waals surface area (Å²) in [6, 6.07) is 6.05. The van der Waals surface area contributed by atoms with Gasteiger partial charge in [0, 0.05) is 38.7 Å². The van der Waals surface area contributed by atoms with Crippen molar-refractivity contribution in [2.45, 2.75) is 6.92 Å². The minimum Gasteiger partial charge on any atom is -0.368 e. The van der Waals surface area contributed by atoms with Gasteiger partial charge in [0.2, 0.25) is 11.9 Å². The molecular weight excluding hydrogens is 349 g/mol. The van der Waals surface area contributed by atoms with Crippen molar-refractivity contribution in [1.29, 1.82) is 0 Å². The van der Waals surface area contributed by atoms with Crippen LogP contribution in [0.1, 0.15) is 6.92 Å². The molecule has 8 nitrogen and oxygen atoms in total. The topological polar surface area (TPSA) is 101 Å². The molecule has 4 rings (SSSR count). The largest absolute Gasteiger partial charge is 0.368 e. The van der Waals surface area contributed by atoms with Crippen molar-refractivity contribution in [1.82, 2.24) is 24.8 Å². The average Bonchev–Trinajstić information content (AvgIpc) is 2.68. The van der Waals surface area contributed by atoms with Gasteiger partial charge in [0.15, 0.2) is 17.0 Å². The number of amides is 1. The van der Waals surface area contributed by atoms with Gasteiger partial charge in [-0.1, -0.05) is 0 Å². The van der Waals surface area contributed by atoms with Gasteiger partial charge < -0.3 is 15.5 Å². The van der Waals surface area contributed by atoms with Gasteiger partial charge in [-0.15, -0.1) is 0 Å². The number of hydrogen-bond acceptors (Lipinski definition) is 7. The Morgan fingerprint density at radius 2 is 1.78 bits per heavy atom. The van der Waals surface area contributed by atoms with E-state index in [1.807, 2.05) is 4.90 Å². The predicted molar refractivity (Wildman–Crippen MR) is 99.4 cm³/mol. The fourth-order valence-electron chi connectivity index (χ4n) is 3.12. The highest BCUT2D eigenvalue weighted by atomic mass is 19.1. The van der Waals surface area contributed by atoms with Gasteiger partial charge in [-0.05, 0) is 24.3 Å². The maximum atomic E-state index is 13.2. The third kappa shape index (κ3) is 3.35. The van der Waals surface area contributed by atoms with Gasteiger partial charge in [-0.2, -0.15) is 9.97 Å². The number of nitrogen functional groups attached to an aromatic ring is 1. The number of nitrogens with two attached hydrogens (primary N) is 1. The molecule has 1 saturated heterocycles. The maximum absolute atomic E-state index is 13.2. The molecule has 138 valence electrons. The molecule has 1 aliphatic heterocycles. The molecule has 9 heteroatoms. The number of fused-ring (bicyclic) bond motifs is 1. The lowest BCUT2D eigenvalue weighted by Crippen LogP contribution is -2.48. The third-order valence-corrected chi connectivity index (χ3v) is 4.57. The summed E-state index contributed by atoms with van der Waals surface area (Å²) in [4.78, 5) is 32.9. The van der Waals surface area contributed by atoms with E-state index in [1.54, 1.807) is 30.2 Å². The summed E-state index contributed by atoms with van der Waals surface area (Å²) in [6.07, 6.45) is 1.58. The summed E-state index contributed by atoms with van der Waals surface area (Å²) < 4.78 is 13.2. The van der Waals surface area contributed by atoms with Gasteiger partial charge >= 0.3 is 0 Å². The van der Waals surface area contributed by atoms with Crippen molar-refractivity contribution in [2.24, 2.45) is 0 Å². The Hall–Kier alpha value is -3.36. The van der Waals surface area contributed by atoms with E-state index < -0.39 is 0 Å². The molecular formula is C18H18FN7O. The Bertz CT molecular complexity index is 1000. The number of aromatic nitrogens is 4. The van der Waals surface area contributed by atoms with Crippen LogP contribution >= 0.6 is 0 Å². The van der Waals surface area contributed by atoms with Crippen LogP contribution in [-0.4, -0.2) is 56.9 Å². The van der Waals surface area contributed by atoms with E-state index in [4.69, 9.17) is 5.73 Å². The van der Waals surface area contributed by atoms with Crippen LogP contribution in [0.5, 0.6) is 0 Å². The Morgan fingerprint density at radius 3 is 2.44 bits per heavy atom. The first-order valence-corrected chi connectivity index (χ1v) is 8.58. The quantitative estimate of drug-likeness (QED) is 0.732. The molecule has 2 N–H and O–H groups in total. The number of carbonyl (C=O) groups excluding carboxylic acids is 1. The highest BCUT2D eigenvalue weighted by Crippen LogP contribution is 2.26. The van der Waals surface area contributed by atoms with Gasteiger partial charge in [0.05, 0.1) is 11.9 Å². The summed E-state index contributed by atoms with van der Waals surface area (Å²) in [5, 5.41) is 0. The number of rotatable bonds is 2. The summed E-state index contributed by atoms with van der Waals surface area (Å²) in [5.74, 6) is 0.459. The molecule has 0 atom stereocenters. The van der Waals surface area contributed by atoms with E-state index in [-0.39, 0.29) is 17.7 Å². The van der Waals surface area contributed by atoms with Crippen molar-refractivity contribution in [3.05, 3.63) is 36.3 Å². The molecule has 3 heterocycles. The SMILES string of the molecule is CC(=O)N1CCN(c2nc(N)nc3ncc(-c4ccc(F)cc4)nc23)CC1. The molecule has 0 spiro atoms. The number of anilines is 2. The molecule has 27 heavy (non-hydrogen) atoms. The number of piperazine rings is 1. The van der Waals surface area contributed by atoms with Gasteiger partial charge in [-0.25, -0.2) is 14.4 Å². The molecule has 0 unspecified atom stereocenters. The molecule has 0 radical (unpaired) electrons. The summed E-state index contributed by atoms with van der Waals surface area (Å²) >= 11 is 0. The Morgan fingerprint density at radius 1 is 1.07 bits per heavy atom. The molecule has 1 aromatic carbocycles. The van der Waals surface area contributed by atoms with Crippen molar-refractivity contribution in [3.8, 4) is 11.3 Å². The van der Waals surface area contributed by atoms with E-state index in [0.717, 1.165) is 5.56 Å². The van der Waals surface area contributed by atoms with E-state index in [2.05, 4.69) is 19.9 Å². The van der Waals surface area contributed by atoms with Crippen LogP contribution in [0.15, 0.2) is 30.5 Å². The standard InChI is InChI=1S/C18H18FN7O/c1-11(27)25-6-8-26(9-7-25)17-15-16(23-18(20)24-17)21-10-14(22-15)12-2-4-13(19)5-3-12/h2-5,10H,6-9H2,1H3,(H2,20,21,23,24). The van der Waals surface area contributed by atoms with Gasteiger partial charge in [-0.3, -0.25) is 4.79 Å². The molecule has 0 aliphatic carbocycles. The Labute approximate surface area is 154 Å². The molecule has 3 aromatic rings. The molecule has 1 aliphatic rings. The highest BCUT2D eigenvalue weighted by molar-refractivity contribution is 5.86. The van der Waals surface area contributed by atoms with E-state index in [1.165, 1.54) is 12.1 Å². The predicted octanol–water partition coefficient (Wildman–Crippen LogP) is 1.48. The number of nitrogens with zero attached hydrogens (tertiary/aromatic N) is 6. The molecule has 2 aromatic heterocycles. The molecule has 1 fully saturated rings. The van der Waals surface area contributed by atoms with Crippen LogP contribution in [0.3, 0.4) is 0 Å². The lowest BCUT2D eigenvalue weighted by molar-refractivity contribution is -0.129. The maximum Gasteiger partial charge on any atom is 0.224 e. The fraction of sp³-hybridized carbons (Fsp3) is 0.278. The minimum atomic E-state index is -0.312. The van der Waals surface area contributed by atoms with Crippen molar-refractivity contribution in [3.63, 3.8) is 0 Å². The molecule has 1 amide bonds. The summed E-state index contributed by atoms with van der Waals surface area (Å²) in [6.45, 7) is 4.01. The molecule has 0 saturated carbocycles. The van der Waals surface area contributed by atoms with Gasteiger partial charge in [0.25, 0.3) is 0 Å². The second-order valence-electron chi connectivity index (χ2n) is 6.33. The van der Waals surface area contributed by atoms with Crippen LogP contribution < -0.4 is 10.6 Å². The second kappa shape index (κ2) is 6.75. The smallest absolute Gasteiger partial charge is 0.224 e. The van der Waals surface area contributed by atoms with Crippen molar-refractivity contribution >= 4 is 28.8 Å². The first-order chi connectivity index (χ1) is 13.0. The fourth-order valence-corrected chi connectivity index (χ4v) is 3.12. The lowest BCUT2D eigenvalue weighted by atomic mass is 10.1. The van der Waals surface area contributed by atoms with Crippen LogP contribution in [0.2, 0.25) is 0 Å². The van der Waals surface area contributed by atoms with Gasteiger partial charge in [0.1, 0.15) is 5.82 Å². The zero-order chi connectivity index (χ0) is 19.0. The number of halogens is 1. The van der Waals surface area contributed by atoms with Crippen LogP contribution in [0, 0.1) is 5.82 Å². The van der Waals surface area contributed by atoms with Crippen LogP contribution in [0.25, 0.3) is 22.4 Å². The monoisotopic (exact) mass is 367 g/mol. The first kappa shape index (κ1) is 17.1. The second-order valence-corrected chi connectivity index (χ2v) is 6.33. The summed E-state index contributed by atoms with van der Waals surface area (Å²) in [5.41, 5.74) is 8.12. The number of carbonyl (C=O) groups is 1. The highest BCUT2D eigenvalue weighted by Gasteiger charge is 2.23. The minimum absolute atomic E-state index is 0.0556. The zero-order valence-corrected chi connectivity index (χ0v) is 14.8. The van der Waals surface area contributed by atoms with E-state index in [9.17, 15) is 9.18 Å². The third-order valence-electron chi connectivity index (χ3n) is 4.57. The van der Waals surface area contributed by atoms with Crippen LogP contribution in [0.4, 0.5) is 16.2 Å². The number of benzene rings is 1. The molecule has 0 bridgehead atoms.